The van der Waals surface area contributed by atoms with Gasteiger partial charge in [-0.1, -0.05) is 23.7 Å². The standard InChI is InChI=1S/C21H19ClN4O3/c22-14-7-9-15(10-8-14)26-20(28)16(19(27)24-21(26)29)13-23-17-5-1-2-6-18(17)25-11-3-4-12-25/h1-2,5-10,13,28H,3-4,11-12H2,(H,24,27,29). The third-order valence-corrected chi connectivity index (χ3v) is 5.12. The number of hydrogen-bond acceptors (Lipinski definition) is 5. The number of aromatic hydroxyl groups is 1. The highest BCUT2D eigenvalue weighted by Gasteiger charge is 2.17. The second-order valence-electron chi connectivity index (χ2n) is 6.75. The van der Waals surface area contributed by atoms with Crippen molar-refractivity contribution < 1.29 is 5.11 Å². The van der Waals surface area contributed by atoms with Crippen molar-refractivity contribution >= 4 is 29.2 Å². The van der Waals surface area contributed by atoms with Gasteiger partial charge in [0.05, 0.1) is 17.1 Å². The summed E-state index contributed by atoms with van der Waals surface area (Å²) in [6, 6.07) is 14.0. The fraction of sp³-hybridized carbons (Fsp3) is 0.190. The smallest absolute Gasteiger partial charge is 0.335 e. The van der Waals surface area contributed by atoms with Gasteiger partial charge in [-0.25, -0.2) is 9.36 Å². The van der Waals surface area contributed by atoms with E-state index in [4.69, 9.17) is 11.6 Å². The number of nitrogens with one attached hydrogen (secondary N) is 1. The van der Waals surface area contributed by atoms with E-state index in [1.165, 1.54) is 6.21 Å². The lowest BCUT2D eigenvalue weighted by atomic mass is 10.2. The number of nitrogens with zero attached hydrogens (tertiary/aromatic N) is 3. The molecule has 0 bridgehead atoms. The average molecular weight is 411 g/mol. The number of aromatic nitrogens is 2. The van der Waals surface area contributed by atoms with E-state index in [0.717, 1.165) is 36.2 Å². The van der Waals surface area contributed by atoms with Crippen LogP contribution in [0.4, 0.5) is 11.4 Å². The Hall–Kier alpha value is -3.32. The van der Waals surface area contributed by atoms with Gasteiger partial charge in [-0.15, -0.1) is 0 Å². The van der Waals surface area contributed by atoms with Gasteiger partial charge in [-0.05, 0) is 49.2 Å². The zero-order valence-corrected chi connectivity index (χ0v) is 16.3. The van der Waals surface area contributed by atoms with E-state index in [0.29, 0.717) is 16.4 Å². The molecule has 1 aliphatic rings. The molecule has 7 nitrogen and oxygen atoms in total. The molecule has 8 heteroatoms. The van der Waals surface area contributed by atoms with Crippen molar-refractivity contribution in [3.63, 3.8) is 0 Å². The summed E-state index contributed by atoms with van der Waals surface area (Å²) in [5.74, 6) is -0.483. The first kappa shape index (κ1) is 19.0. The Morgan fingerprint density at radius 1 is 1.03 bits per heavy atom. The summed E-state index contributed by atoms with van der Waals surface area (Å²) >= 11 is 5.89. The molecular weight excluding hydrogens is 392 g/mol. The maximum atomic E-state index is 12.3. The Bertz CT molecular complexity index is 1180. The second-order valence-corrected chi connectivity index (χ2v) is 7.19. The van der Waals surface area contributed by atoms with Gasteiger partial charge in [-0.3, -0.25) is 14.8 Å². The van der Waals surface area contributed by atoms with Crippen molar-refractivity contribution in [3.8, 4) is 11.6 Å². The number of hydrogen-bond donors (Lipinski definition) is 2. The van der Waals surface area contributed by atoms with Gasteiger partial charge in [0.2, 0.25) is 5.88 Å². The molecule has 0 saturated carbocycles. The van der Waals surface area contributed by atoms with Crippen LogP contribution in [0.25, 0.3) is 5.69 Å². The summed E-state index contributed by atoms with van der Waals surface area (Å²) < 4.78 is 1.01. The molecule has 3 aromatic rings. The van der Waals surface area contributed by atoms with E-state index in [1.807, 2.05) is 24.3 Å². The molecule has 148 valence electrons. The molecule has 2 N–H and O–H groups in total. The van der Waals surface area contributed by atoms with E-state index in [1.54, 1.807) is 24.3 Å². The lowest BCUT2D eigenvalue weighted by Gasteiger charge is -2.19. The van der Waals surface area contributed by atoms with E-state index in [9.17, 15) is 14.7 Å². The van der Waals surface area contributed by atoms with Crippen molar-refractivity contribution in [2.45, 2.75) is 12.8 Å². The molecular formula is C21H19ClN4O3. The predicted octanol–water partition coefficient (Wildman–Crippen LogP) is 3.24. The molecule has 2 heterocycles. The molecule has 2 aromatic carbocycles. The van der Waals surface area contributed by atoms with Crippen LogP contribution in [0.15, 0.2) is 63.1 Å². The highest BCUT2D eigenvalue weighted by molar-refractivity contribution is 6.30. The zero-order chi connectivity index (χ0) is 20.4. The average Bonchev–Trinajstić information content (AvgIpc) is 3.24. The summed E-state index contributed by atoms with van der Waals surface area (Å²) in [6.45, 7) is 1.92. The van der Waals surface area contributed by atoms with Crippen LogP contribution in [-0.4, -0.2) is 34.0 Å². The molecule has 1 saturated heterocycles. The quantitative estimate of drug-likeness (QED) is 0.646. The Balaban J connectivity index is 1.77. The molecule has 1 aliphatic heterocycles. The highest BCUT2D eigenvalue weighted by Crippen LogP contribution is 2.31. The first-order chi connectivity index (χ1) is 14.0. The van der Waals surface area contributed by atoms with Crippen molar-refractivity contribution in [3.05, 3.63) is 80.0 Å². The van der Waals surface area contributed by atoms with Gasteiger partial charge >= 0.3 is 5.69 Å². The molecule has 0 amide bonds. The Morgan fingerprint density at radius 3 is 2.45 bits per heavy atom. The van der Waals surface area contributed by atoms with Crippen LogP contribution in [0.1, 0.15) is 18.4 Å². The topological polar surface area (TPSA) is 90.7 Å². The van der Waals surface area contributed by atoms with Crippen molar-refractivity contribution in [2.75, 3.05) is 18.0 Å². The monoisotopic (exact) mass is 410 g/mol. The minimum absolute atomic E-state index is 0.101. The summed E-state index contributed by atoms with van der Waals surface area (Å²) in [5, 5.41) is 11.1. The first-order valence-electron chi connectivity index (χ1n) is 9.27. The molecule has 0 aliphatic carbocycles. The maximum Gasteiger partial charge on any atom is 0.335 e. The zero-order valence-electron chi connectivity index (χ0n) is 15.5. The number of rotatable bonds is 4. The number of aromatic amines is 1. The fourth-order valence-corrected chi connectivity index (χ4v) is 3.54. The number of benzene rings is 2. The summed E-state index contributed by atoms with van der Waals surface area (Å²) in [7, 11) is 0. The van der Waals surface area contributed by atoms with Gasteiger partial charge < -0.3 is 10.0 Å². The lowest BCUT2D eigenvalue weighted by molar-refractivity contribution is 0.430. The van der Waals surface area contributed by atoms with Crippen LogP contribution in [-0.2, 0) is 0 Å². The largest absolute Gasteiger partial charge is 0.493 e. The minimum atomic E-state index is -0.746. The third kappa shape index (κ3) is 3.82. The second kappa shape index (κ2) is 7.97. The molecule has 29 heavy (non-hydrogen) atoms. The van der Waals surface area contributed by atoms with Crippen LogP contribution < -0.4 is 16.1 Å². The van der Waals surface area contributed by atoms with Gasteiger partial charge in [-0.2, -0.15) is 0 Å². The molecule has 0 atom stereocenters. The molecule has 4 rings (SSSR count). The normalized spacial score (nSPS) is 14.0. The molecule has 1 aromatic heterocycles. The van der Waals surface area contributed by atoms with Gasteiger partial charge in [0.15, 0.2) is 0 Å². The summed E-state index contributed by atoms with van der Waals surface area (Å²) in [5.41, 5.74) is 0.487. The number of H-pyrrole nitrogens is 1. The van der Waals surface area contributed by atoms with E-state index in [-0.39, 0.29) is 5.56 Å². The highest BCUT2D eigenvalue weighted by atomic mass is 35.5. The van der Waals surface area contributed by atoms with E-state index < -0.39 is 17.1 Å². The Kier molecular flexibility index (Phi) is 5.22. The molecule has 0 unspecified atom stereocenters. The van der Waals surface area contributed by atoms with Crippen molar-refractivity contribution in [1.82, 2.24) is 9.55 Å². The van der Waals surface area contributed by atoms with Gasteiger partial charge in [0.1, 0.15) is 5.56 Å². The Morgan fingerprint density at radius 2 is 1.72 bits per heavy atom. The van der Waals surface area contributed by atoms with E-state index >= 15 is 0 Å². The van der Waals surface area contributed by atoms with E-state index in [2.05, 4.69) is 14.9 Å². The number of halogens is 1. The van der Waals surface area contributed by atoms with Crippen LogP contribution in [0, 0.1) is 0 Å². The molecule has 0 radical (unpaired) electrons. The van der Waals surface area contributed by atoms with Crippen LogP contribution >= 0.6 is 11.6 Å². The van der Waals surface area contributed by atoms with Crippen molar-refractivity contribution in [1.29, 1.82) is 0 Å². The van der Waals surface area contributed by atoms with Crippen LogP contribution in [0.2, 0.25) is 5.02 Å². The summed E-state index contributed by atoms with van der Waals surface area (Å²) in [6.07, 6.45) is 3.55. The van der Waals surface area contributed by atoms with Crippen molar-refractivity contribution in [2.24, 2.45) is 4.99 Å². The minimum Gasteiger partial charge on any atom is -0.493 e. The SMILES string of the molecule is O=c1[nH]c(=O)n(-c2ccc(Cl)cc2)c(O)c1C=Nc1ccccc1N1CCCC1. The lowest BCUT2D eigenvalue weighted by Crippen LogP contribution is -2.31. The predicted molar refractivity (Wildman–Crippen MR) is 114 cm³/mol. The van der Waals surface area contributed by atoms with Crippen LogP contribution in [0.5, 0.6) is 5.88 Å². The number of para-hydroxylation sites is 2. The molecule has 0 spiro atoms. The summed E-state index contributed by atoms with van der Waals surface area (Å²) in [4.78, 5) is 33.5. The van der Waals surface area contributed by atoms with Gasteiger partial charge in [0, 0.05) is 24.3 Å². The third-order valence-electron chi connectivity index (χ3n) is 4.87. The van der Waals surface area contributed by atoms with Gasteiger partial charge in [0.25, 0.3) is 5.56 Å². The number of anilines is 1. The van der Waals surface area contributed by atoms with Crippen LogP contribution in [0.3, 0.4) is 0 Å². The fourth-order valence-electron chi connectivity index (χ4n) is 3.42. The number of aliphatic imine (C=N–C) groups is 1. The maximum absolute atomic E-state index is 12.3. The Labute approximate surface area is 171 Å². The molecule has 1 fully saturated rings. The first-order valence-corrected chi connectivity index (χ1v) is 9.64.